The first-order chi connectivity index (χ1) is 7.81. The van der Waals surface area contributed by atoms with E-state index < -0.39 is 0 Å². The third-order valence-corrected chi connectivity index (χ3v) is 2.40. The normalized spacial score (nSPS) is 11.4. The van der Waals surface area contributed by atoms with Crippen molar-refractivity contribution in [2.45, 2.75) is 0 Å². The maximum atomic E-state index is 8.54. The van der Waals surface area contributed by atoms with Crippen molar-refractivity contribution < 1.29 is 5.21 Å². The highest BCUT2D eigenvalue weighted by Gasteiger charge is 2.00. The monoisotopic (exact) mass is 212 g/mol. The predicted molar refractivity (Wildman–Crippen MR) is 64.4 cm³/mol. The van der Waals surface area contributed by atoms with E-state index >= 15 is 0 Å². The average Bonchev–Trinajstić information content (AvgIpc) is 2.39. The van der Waals surface area contributed by atoms with Crippen LogP contribution in [0.3, 0.4) is 0 Å². The lowest BCUT2D eigenvalue weighted by Gasteiger charge is -2.03. The van der Waals surface area contributed by atoms with Crippen molar-refractivity contribution in [2.75, 3.05) is 0 Å². The highest BCUT2D eigenvalue weighted by Crippen LogP contribution is 2.18. The minimum absolute atomic E-state index is 0.125. The largest absolute Gasteiger partial charge is 0.409 e. The van der Waals surface area contributed by atoms with Crippen LogP contribution < -0.4 is 5.73 Å². The second kappa shape index (κ2) is 4.49. The lowest BCUT2D eigenvalue weighted by atomic mass is 10.0. The summed E-state index contributed by atoms with van der Waals surface area (Å²) in [4.78, 5) is 0. The molecule has 0 bridgehead atoms. The quantitative estimate of drug-likeness (QED) is 0.347. The van der Waals surface area contributed by atoms with Gasteiger partial charge in [0.05, 0.1) is 0 Å². The zero-order chi connectivity index (χ0) is 11.4. The molecule has 3 nitrogen and oxygen atoms in total. The van der Waals surface area contributed by atoms with Gasteiger partial charge in [0.15, 0.2) is 5.84 Å². The second-order valence-corrected chi connectivity index (χ2v) is 3.43. The topological polar surface area (TPSA) is 58.6 Å². The molecule has 0 unspecified atom stereocenters. The van der Waals surface area contributed by atoms with Gasteiger partial charge in [0, 0.05) is 5.56 Å². The van der Waals surface area contributed by atoms with E-state index in [0.29, 0.717) is 5.56 Å². The summed E-state index contributed by atoms with van der Waals surface area (Å²) < 4.78 is 0. The van der Waals surface area contributed by atoms with E-state index in [2.05, 4.69) is 5.16 Å². The molecular weight excluding hydrogens is 200 g/mol. The molecule has 0 aromatic heterocycles. The summed E-state index contributed by atoms with van der Waals surface area (Å²) in [5.74, 6) is 0.125. The molecule has 0 fully saturated rings. The Labute approximate surface area is 93.8 Å². The Morgan fingerprint density at radius 1 is 0.875 bits per heavy atom. The number of amidine groups is 1. The Hall–Kier alpha value is -2.29. The summed E-state index contributed by atoms with van der Waals surface area (Å²) in [6, 6.07) is 17.6. The zero-order valence-electron chi connectivity index (χ0n) is 8.67. The van der Waals surface area contributed by atoms with Gasteiger partial charge >= 0.3 is 0 Å². The van der Waals surface area contributed by atoms with Crippen molar-refractivity contribution in [3.63, 3.8) is 0 Å². The van der Waals surface area contributed by atoms with Crippen molar-refractivity contribution in [1.82, 2.24) is 0 Å². The number of benzene rings is 2. The summed E-state index contributed by atoms with van der Waals surface area (Å²) in [7, 11) is 0. The molecule has 0 radical (unpaired) electrons. The van der Waals surface area contributed by atoms with Crippen LogP contribution >= 0.6 is 0 Å². The summed E-state index contributed by atoms with van der Waals surface area (Å²) in [6.45, 7) is 0. The van der Waals surface area contributed by atoms with Crippen LogP contribution in [0.1, 0.15) is 5.56 Å². The van der Waals surface area contributed by atoms with Crippen LogP contribution in [0.15, 0.2) is 59.8 Å². The SMILES string of the molecule is NC(=NO)c1ccc(-c2ccccc2)cc1. The van der Waals surface area contributed by atoms with Gasteiger partial charge in [0.25, 0.3) is 0 Å². The van der Waals surface area contributed by atoms with Crippen LogP contribution in [-0.4, -0.2) is 11.0 Å². The lowest BCUT2D eigenvalue weighted by molar-refractivity contribution is 0.318. The Morgan fingerprint density at radius 2 is 1.44 bits per heavy atom. The molecule has 0 saturated carbocycles. The zero-order valence-corrected chi connectivity index (χ0v) is 8.67. The van der Waals surface area contributed by atoms with Crippen molar-refractivity contribution in [3.8, 4) is 11.1 Å². The summed E-state index contributed by atoms with van der Waals surface area (Å²) in [5.41, 5.74) is 8.45. The van der Waals surface area contributed by atoms with Crippen LogP contribution in [0.25, 0.3) is 11.1 Å². The van der Waals surface area contributed by atoms with Gasteiger partial charge in [-0.1, -0.05) is 59.8 Å². The second-order valence-electron chi connectivity index (χ2n) is 3.43. The number of nitrogens with two attached hydrogens (primary N) is 1. The molecule has 2 rings (SSSR count). The smallest absolute Gasteiger partial charge is 0.170 e. The number of hydrogen-bond acceptors (Lipinski definition) is 2. The Balaban J connectivity index is 2.34. The summed E-state index contributed by atoms with van der Waals surface area (Å²) in [5, 5.41) is 11.5. The van der Waals surface area contributed by atoms with Gasteiger partial charge in [0.1, 0.15) is 0 Å². The van der Waals surface area contributed by atoms with Crippen molar-refractivity contribution in [2.24, 2.45) is 10.9 Å². The Kier molecular flexibility index (Phi) is 2.87. The van der Waals surface area contributed by atoms with Gasteiger partial charge < -0.3 is 10.9 Å². The summed E-state index contributed by atoms with van der Waals surface area (Å²) >= 11 is 0. The molecular formula is C13H12N2O. The van der Waals surface area contributed by atoms with Gasteiger partial charge in [-0.25, -0.2) is 0 Å². The molecule has 0 aliphatic carbocycles. The molecule has 3 heteroatoms. The van der Waals surface area contributed by atoms with Gasteiger partial charge in [-0.2, -0.15) is 0 Å². The fourth-order valence-electron chi connectivity index (χ4n) is 1.52. The molecule has 0 heterocycles. The van der Waals surface area contributed by atoms with Gasteiger partial charge in [-0.05, 0) is 11.1 Å². The predicted octanol–water partition coefficient (Wildman–Crippen LogP) is 2.45. The van der Waals surface area contributed by atoms with E-state index in [-0.39, 0.29) is 5.84 Å². The standard InChI is InChI=1S/C13H12N2O/c14-13(15-16)12-8-6-11(7-9-12)10-4-2-1-3-5-10/h1-9,16H,(H2,14,15). The Morgan fingerprint density at radius 3 is 2.00 bits per heavy atom. The first-order valence-electron chi connectivity index (χ1n) is 4.94. The maximum absolute atomic E-state index is 8.54. The Bertz CT molecular complexity index is 489. The maximum Gasteiger partial charge on any atom is 0.170 e. The molecule has 3 N–H and O–H groups in total. The highest BCUT2D eigenvalue weighted by molar-refractivity contribution is 5.97. The third kappa shape index (κ3) is 2.03. The van der Waals surface area contributed by atoms with Crippen LogP contribution in [0.2, 0.25) is 0 Å². The van der Waals surface area contributed by atoms with Crippen molar-refractivity contribution in [1.29, 1.82) is 0 Å². The van der Waals surface area contributed by atoms with Crippen LogP contribution in [0, 0.1) is 0 Å². The van der Waals surface area contributed by atoms with Crippen LogP contribution in [0.4, 0.5) is 0 Å². The summed E-state index contributed by atoms with van der Waals surface area (Å²) in [6.07, 6.45) is 0. The number of rotatable bonds is 2. The molecule has 80 valence electrons. The molecule has 0 amide bonds. The van der Waals surface area contributed by atoms with Gasteiger partial charge in [-0.15, -0.1) is 0 Å². The number of nitrogens with zero attached hydrogens (tertiary/aromatic N) is 1. The van der Waals surface area contributed by atoms with E-state index in [1.807, 2.05) is 54.6 Å². The van der Waals surface area contributed by atoms with Crippen molar-refractivity contribution >= 4 is 5.84 Å². The molecule has 2 aromatic carbocycles. The molecule has 2 aromatic rings. The number of hydrogen-bond donors (Lipinski definition) is 2. The third-order valence-electron chi connectivity index (χ3n) is 2.40. The lowest BCUT2D eigenvalue weighted by Crippen LogP contribution is -2.12. The molecule has 16 heavy (non-hydrogen) atoms. The first-order valence-corrected chi connectivity index (χ1v) is 4.94. The average molecular weight is 212 g/mol. The van der Waals surface area contributed by atoms with E-state index in [1.54, 1.807) is 0 Å². The molecule has 0 spiro atoms. The molecule has 0 atom stereocenters. The van der Waals surface area contributed by atoms with Crippen LogP contribution in [-0.2, 0) is 0 Å². The molecule has 0 saturated heterocycles. The first kappa shape index (κ1) is 10.2. The fourth-order valence-corrected chi connectivity index (χ4v) is 1.52. The van der Waals surface area contributed by atoms with Gasteiger partial charge in [0.2, 0.25) is 0 Å². The molecule has 0 aliphatic heterocycles. The number of oxime groups is 1. The van der Waals surface area contributed by atoms with E-state index in [1.165, 1.54) is 0 Å². The van der Waals surface area contributed by atoms with E-state index in [0.717, 1.165) is 11.1 Å². The van der Waals surface area contributed by atoms with Crippen molar-refractivity contribution in [3.05, 3.63) is 60.2 Å². The van der Waals surface area contributed by atoms with Gasteiger partial charge in [-0.3, -0.25) is 0 Å². The van der Waals surface area contributed by atoms with E-state index in [4.69, 9.17) is 10.9 Å². The van der Waals surface area contributed by atoms with Crippen LogP contribution in [0.5, 0.6) is 0 Å². The highest BCUT2D eigenvalue weighted by atomic mass is 16.4. The minimum Gasteiger partial charge on any atom is -0.409 e. The molecule has 0 aliphatic rings. The fraction of sp³-hybridized carbons (Fsp3) is 0. The minimum atomic E-state index is 0.125. The van der Waals surface area contributed by atoms with E-state index in [9.17, 15) is 0 Å².